The fourth-order valence-corrected chi connectivity index (χ4v) is 2.27. The molecule has 0 aromatic carbocycles. The predicted molar refractivity (Wildman–Crippen MR) is 65.0 cm³/mol. The molecule has 0 spiro atoms. The number of nitriles is 1. The van der Waals surface area contributed by atoms with Crippen LogP contribution in [0.2, 0.25) is 0 Å². The zero-order valence-electron chi connectivity index (χ0n) is 10.7. The predicted octanol–water partition coefficient (Wildman–Crippen LogP) is 2.33. The number of rotatable bonds is 5. The van der Waals surface area contributed by atoms with E-state index in [0.717, 1.165) is 31.2 Å². The fraction of sp³-hybridized carbons (Fsp3) is 0.923. The van der Waals surface area contributed by atoms with Crippen LogP contribution < -0.4 is 5.32 Å². The molecule has 4 unspecified atom stereocenters. The molecule has 16 heavy (non-hydrogen) atoms. The molecule has 3 nitrogen and oxygen atoms in total. The summed E-state index contributed by atoms with van der Waals surface area (Å²) in [5, 5.41) is 12.0. The van der Waals surface area contributed by atoms with Gasteiger partial charge in [-0.05, 0) is 37.6 Å². The van der Waals surface area contributed by atoms with Crippen LogP contribution in [0.5, 0.6) is 0 Å². The largest absolute Gasteiger partial charge is 0.375 e. The lowest BCUT2D eigenvalue weighted by Gasteiger charge is -2.32. The third-order valence-electron chi connectivity index (χ3n) is 3.66. The first-order valence-corrected chi connectivity index (χ1v) is 6.42. The third-order valence-corrected chi connectivity index (χ3v) is 3.66. The third kappa shape index (κ3) is 4.11. The van der Waals surface area contributed by atoms with E-state index >= 15 is 0 Å². The molecule has 0 aromatic rings. The van der Waals surface area contributed by atoms with Gasteiger partial charge in [0, 0.05) is 0 Å². The summed E-state index contributed by atoms with van der Waals surface area (Å²) in [4.78, 5) is 0. The Balaban J connectivity index is 2.25. The van der Waals surface area contributed by atoms with Crippen molar-refractivity contribution in [2.45, 2.75) is 52.2 Å². The average Bonchev–Trinajstić information content (AvgIpc) is 2.28. The molecular formula is C13H24N2O. The molecule has 1 fully saturated rings. The van der Waals surface area contributed by atoms with Crippen LogP contribution in [0.25, 0.3) is 0 Å². The highest BCUT2D eigenvalue weighted by molar-refractivity contribution is 4.89. The second-order valence-electron chi connectivity index (χ2n) is 4.96. The Labute approximate surface area is 99.2 Å². The summed E-state index contributed by atoms with van der Waals surface area (Å²) in [7, 11) is 0. The SMILES string of the molecule is CCNC(C#N)COC1CCC(C)C(C)C1. The van der Waals surface area contributed by atoms with Crippen molar-refractivity contribution in [1.29, 1.82) is 5.26 Å². The first kappa shape index (κ1) is 13.5. The lowest BCUT2D eigenvalue weighted by Crippen LogP contribution is -2.35. The summed E-state index contributed by atoms with van der Waals surface area (Å²) in [5.41, 5.74) is 0. The van der Waals surface area contributed by atoms with Gasteiger partial charge in [-0.1, -0.05) is 20.8 Å². The topological polar surface area (TPSA) is 45.0 Å². The molecule has 1 rings (SSSR count). The molecule has 1 N–H and O–H groups in total. The zero-order valence-corrected chi connectivity index (χ0v) is 10.7. The van der Waals surface area contributed by atoms with Crippen molar-refractivity contribution in [2.75, 3.05) is 13.2 Å². The molecule has 1 saturated carbocycles. The van der Waals surface area contributed by atoms with Gasteiger partial charge in [0.15, 0.2) is 0 Å². The molecule has 4 atom stereocenters. The van der Waals surface area contributed by atoms with Crippen LogP contribution in [0.4, 0.5) is 0 Å². The minimum Gasteiger partial charge on any atom is -0.375 e. The maximum Gasteiger partial charge on any atom is 0.119 e. The maximum absolute atomic E-state index is 8.89. The Morgan fingerprint density at radius 2 is 2.12 bits per heavy atom. The first-order valence-electron chi connectivity index (χ1n) is 6.42. The van der Waals surface area contributed by atoms with Crippen LogP contribution in [-0.4, -0.2) is 25.3 Å². The summed E-state index contributed by atoms with van der Waals surface area (Å²) < 4.78 is 5.82. The Kier molecular flexibility index (Phi) is 5.79. The average molecular weight is 224 g/mol. The Morgan fingerprint density at radius 3 is 2.69 bits per heavy atom. The van der Waals surface area contributed by atoms with Gasteiger partial charge in [0.2, 0.25) is 0 Å². The molecule has 0 radical (unpaired) electrons. The van der Waals surface area contributed by atoms with E-state index in [9.17, 15) is 0 Å². The quantitative estimate of drug-likeness (QED) is 0.779. The van der Waals surface area contributed by atoms with E-state index in [1.54, 1.807) is 0 Å². The van der Waals surface area contributed by atoms with E-state index in [4.69, 9.17) is 10.00 Å². The minimum atomic E-state index is -0.153. The molecular weight excluding hydrogens is 200 g/mol. The van der Waals surface area contributed by atoms with Gasteiger partial charge in [-0.3, -0.25) is 0 Å². The van der Waals surface area contributed by atoms with E-state index in [2.05, 4.69) is 25.2 Å². The summed E-state index contributed by atoms with van der Waals surface area (Å²) >= 11 is 0. The summed E-state index contributed by atoms with van der Waals surface area (Å²) in [6.45, 7) is 7.97. The molecule has 0 amide bonds. The molecule has 1 aliphatic carbocycles. The minimum absolute atomic E-state index is 0.153. The highest BCUT2D eigenvalue weighted by Gasteiger charge is 2.25. The van der Waals surface area contributed by atoms with Crippen LogP contribution in [0.3, 0.4) is 0 Å². The van der Waals surface area contributed by atoms with Crippen molar-refractivity contribution < 1.29 is 4.74 Å². The first-order chi connectivity index (χ1) is 7.67. The molecule has 0 heterocycles. The van der Waals surface area contributed by atoms with E-state index in [-0.39, 0.29) is 6.04 Å². The number of likely N-dealkylation sites (N-methyl/N-ethyl adjacent to an activating group) is 1. The smallest absolute Gasteiger partial charge is 0.119 e. The number of nitrogens with one attached hydrogen (secondary N) is 1. The lowest BCUT2D eigenvalue weighted by molar-refractivity contribution is -0.00171. The number of ether oxygens (including phenoxy) is 1. The molecule has 0 aromatic heterocycles. The van der Waals surface area contributed by atoms with Crippen molar-refractivity contribution in [1.82, 2.24) is 5.32 Å². The Bertz CT molecular complexity index is 237. The molecule has 92 valence electrons. The summed E-state index contributed by atoms with van der Waals surface area (Å²) in [6.07, 6.45) is 3.91. The second kappa shape index (κ2) is 6.88. The standard InChI is InChI=1S/C13H24N2O/c1-4-15-12(8-14)9-16-13-6-5-10(2)11(3)7-13/h10-13,15H,4-7,9H2,1-3H3. The van der Waals surface area contributed by atoms with Crippen molar-refractivity contribution in [2.24, 2.45) is 11.8 Å². The van der Waals surface area contributed by atoms with Crippen LogP contribution in [0.15, 0.2) is 0 Å². The van der Waals surface area contributed by atoms with Gasteiger partial charge in [0.1, 0.15) is 6.04 Å². The van der Waals surface area contributed by atoms with Gasteiger partial charge in [-0.15, -0.1) is 0 Å². The normalized spacial score (nSPS) is 32.0. The lowest BCUT2D eigenvalue weighted by atomic mass is 9.80. The summed E-state index contributed by atoms with van der Waals surface area (Å²) in [6, 6.07) is 2.07. The molecule has 3 heteroatoms. The van der Waals surface area contributed by atoms with Gasteiger partial charge < -0.3 is 10.1 Å². The van der Waals surface area contributed by atoms with E-state index in [1.165, 1.54) is 6.42 Å². The van der Waals surface area contributed by atoms with Gasteiger partial charge in [0.05, 0.1) is 18.8 Å². The Hall–Kier alpha value is -0.590. The summed E-state index contributed by atoms with van der Waals surface area (Å²) in [5.74, 6) is 1.57. The zero-order chi connectivity index (χ0) is 12.0. The van der Waals surface area contributed by atoms with E-state index < -0.39 is 0 Å². The van der Waals surface area contributed by atoms with E-state index in [1.807, 2.05) is 6.92 Å². The van der Waals surface area contributed by atoms with E-state index in [0.29, 0.717) is 12.7 Å². The maximum atomic E-state index is 8.89. The van der Waals surface area contributed by atoms with Crippen molar-refractivity contribution in [3.8, 4) is 6.07 Å². The van der Waals surface area contributed by atoms with Crippen LogP contribution in [0.1, 0.15) is 40.0 Å². The molecule has 1 aliphatic rings. The highest BCUT2D eigenvalue weighted by atomic mass is 16.5. The number of nitrogens with zero attached hydrogens (tertiary/aromatic N) is 1. The number of hydrogen-bond acceptors (Lipinski definition) is 3. The highest BCUT2D eigenvalue weighted by Crippen LogP contribution is 2.30. The van der Waals surface area contributed by atoms with Gasteiger partial charge in [-0.2, -0.15) is 5.26 Å². The van der Waals surface area contributed by atoms with Crippen LogP contribution >= 0.6 is 0 Å². The van der Waals surface area contributed by atoms with Crippen molar-refractivity contribution in [3.63, 3.8) is 0 Å². The van der Waals surface area contributed by atoms with Crippen LogP contribution in [-0.2, 0) is 4.74 Å². The molecule has 0 bridgehead atoms. The van der Waals surface area contributed by atoms with Gasteiger partial charge in [0.25, 0.3) is 0 Å². The van der Waals surface area contributed by atoms with Gasteiger partial charge in [-0.25, -0.2) is 0 Å². The molecule has 0 aliphatic heterocycles. The van der Waals surface area contributed by atoms with Crippen molar-refractivity contribution in [3.05, 3.63) is 0 Å². The number of hydrogen-bond donors (Lipinski definition) is 1. The second-order valence-corrected chi connectivity index (χ2v) is 4.96. The Morgan fingerprint density at radius 1 is 1.38 bits per heavy atom. The molecule has 0 saturated heterocycles. The van der Waals surface area contributed by atoms with Gasteiger partial charge >= 0.3 is 0 Å². The fourth-order valence-electron chi connectivity index (χ4n) is 2.27. The monoisotopic (exact) mass is 224 g/mol. The van der Waals surface area contributed by atoms with Crippen molar-refractivity contribution >= 4 is 0 Å². The van der Waals surface area contributed by atoms with Crippen LogP contribution in [0, 0.1) is 23.2 Å².